The summed E-state index contributed by atoms with van der Waals surface area (Å²) < 4.78 is 10.4. The maximum Gasteiger partial charge on any atom is 0.348 e. The molecule has 0 aliphatic rings. The van der Waals surface area contributed by atoms with E-state index in [2.05, 4.69) is 17.1 Å². The molecule has 1 heterocycles. The topological polar surface area (TPSA) is 61.3 Å². The predicted molar refractivity (Wildman–Crippen MR) is 99.9 cm³/mol. The molecule has 0 aliphatic carbocycles. The minimum atomic E-state index is -0.613. The van der Waals surface area contributed by atoms with Crippen LogP contribution in [0.2, 0.25) is 5.02 Å². The standard InChI is InChI=1S/C20H17ClN2O3/c1-12-4-5-14(10-13(12)2)17-7-9-19(23-22-17)26-20(24)16-11-15(21)6-8-18(16)25-3/h4-11H,1-3H3. The molecule has 0 saturated carbocycles. The van der Waals surface area contributed by atoms with E-state index in [1.807, 2.05) is 25.1 Å². The molecular formula is C20H17ClN2O3. The van der Waals surface area contributed by atoms with Crippen LogP contribution in [0.3, 0.4) is 0 Å². The number of esters is 1. The average molecular weight is 369 g/mol. The lowest BCUT2D eigenvalue weighted by Crippen LogP contribution is -2.11. The number of benzene rings is 2. The van der Waals surface area contributed by atoms with Crippen LogP contribution in [0, 0.1) is 13.8 Å². The van der Waals surface area contributed by atoms with Gasteiger partial charge in [0.05, 0.1) is 12.8 Å². The van der Waals surface area contributed by atoms with E-state index in [9.17, 15) is 4.79 Å². The highest BCUT2D eigenvalue weighted by Crippen LogP contribution is 2.25. The molecule has 0 radical (unpaired) electrons. The first kappa shape index (κ1) is 17.9. The highest BCUT2D eigenvalue weighted by molar-refractivity contribution is 6.31. The smallest absolute Gasteiger partial charge is 0.348 e. The predicted octanol–water partition coefficient (Wildman–Crippen LogP) is 4.64. The lowest BCUT2D eigenvalue weighted by atomic mass is 10.0. The maximum absolute atomic E-state index is 12.4. The summed E-state index contributed by atoms with van der Waals surface area (Å²) in [6.45, 7) is 4.10. The molecule has 0 atom stereocenters. The fourth-order valence-electron chi connectivity index (χ4n) is 2.42. The van der Waals surface area contributed by atoms with Gasteiger partial charge in [-0.05, 0) is 55.3 Å². The number of methoxy groups -OCH3 is 1. The van der Waals surface area contributed by atoms with Gasteiger partial charge in [-0.25, -0.2) is 4.79 Å². The number of hydrogen-bond donors (Lipinski definition) is 0. The number of carbonyl (C=O) groups excluding carboxylic acids is 1. The molecule has 0 spiro atoms. The van der Waals surface area contributed by atoms with Crippen molar-refractivity contribution in [2.45, 2.75) is 13.8 Å². The second kappa shape index (κ2) is 7.54. The third-order valence-corrected chi connectivity index (χ3v) is 4.26. The summed E-state index contributed by atoms with van der Waals surface area (Å²) in [4.78, 5) is 12.4. The zero-order valence-electron chi connectivity index (χ0n) is 14.6. The summed E-state index contributed by atoms with van der Waals surface area (Å²) in [5, 5.41) is 8.54. The Morgan fingerprint density at radius 3 is 2.42 bits per heavy atom. The molecule has 6 heteroatoms. The molecule has 3 aromatic rings. The quantitative estimate of drug-likeness (QED) is 0.628. The monoisotopic (exact) mass is 368 g/mol. The summed E-state index contributed by atoms with van der Waals surface area (Å²) in [5.74, 6) is -0.138. The molecule has 5 nitrogen and oxygen atoms in total. The molecule has 26 heavy (non-hydrogen) atoms. The third-order valence-electron chi connectivity index (χ3n) is 4.02. The van der Waals surface area contributed by atoms with E-state index in [-0.39, 0.29) is 11.4 Å². The second-order valence-corrected chi connectivity index (χ2v) is 6.23. The van der Waals surface area contributed by atoms with Crippen LogP contribution in [-0.2, 0) is 0 Å². The molecule has 0 N–H and O–H groups in total. The van der Waals surface area contributed by atoms with E-state index >= 15 is 0 Å². The molecule has 0 fully saturated rings. The van der Waals surface area contributed by atoms with E-state index in [0.717, 1.165) is 5.56 Å². The van der Waals surface area contributed by atoms with Gasteiger partial charge in [-0.2, -0.15) is 0 Å². The molecule has 1 aromatic heterocycles. The van der Waals surface area contributed by atoms with Gasteiger partial charge >= 0.3 is 5.97 Å². The van der Waals surface area contributed by atoms with E-state index in [0.29, 0.717) is 16.5 Å². The maximum atomic E-state index is 12.4. The summed E-state index contributed by atoms with van der Waals surface area (Å²) in [5.41, 5.74) is 4.26. The first-order chi connectivity index (χ1) is 12.5. The van der Waals surface area contributed by atoms with Gasteiger partial charge < -0.3 is 9.47 Å². The number of aromatic nitrogens is 2. The highest BCUT2D eigenvalue weighted by atomic mass is 35.5. The van der Waals surface area contributed by atoms with Crippen LogP contribution < -0.4 is 9.47 Å². The number of nitrogens with zero attached hydrogens (tertiary/aromatic N) is 2. The molecule has 2 aromatic carbocycles. The van der Waals surface area contributed by atoms with Gasteiger partial charge in [-0.15, -0.1) is 10.2 Å². The Kier molecular flexibility index (Phi) is 5.19. The molecule has 0 bridgehead atoms. The van der Waals surface area contributed by atoms with Crippen molar-refractivity contribution in [3.63, 3.8) is 0 Å². The van der Waals surface area contributed by atoms with Crippen LogP contribution in [-0.4, -0.2) is 23.3 Å². The number of aryl methyl sites for hydroxylation is 2. The SMILES string of the molecule is COc1ccc(Cl)cc1C(=O)Oc1ccc(-c2ccc(C)c(C)c2)nn1. The van der Waals surface area contributed by atoms with Gasteiger partial charge in [0.15, 0.2) is 0 Å². The Balaban J connectivity index is 1.80. The lowest BCUT2D eigenvalue weighted by Gasteiger charge is -2.08. The number of ether oxygens (including phenoxy) is 2. The van der Waals surface area contributed by atoms with E-state index < -0.39 is 5.97 Å². The van der Waals surface area contributed by atoms with E-state index in [1.54, 1.807) is 24.3 Å². The summed E-state index contributed by atoms with van der Waals surface area (Å²) >= 11 is 5.94. The molecular weight excluding hydrogens is 352 g/mol. The van der Waals surface area contributed by atoms with Crippen molar-refractivity contribution in [1.82, 2.24) is 10.2 Å². The van der Waals surface area contributed by atoms with Crippen molar-refractivity contribution in [2.75, 3.05) is 7.11 Å². The Bertz CT molecular complexity index is 956. The molecule has 132 valence electrons. The summed E-state index contributed by atoms with van der Waals surface area (Å²) in [7, 11) is 1.47. The largest absolute Gasteiger partial charge is 0.496 e. The Labute approximate surface area is 156 Å². The van der Waals surface area contributed by atoms with Crippen LogP contribution in [0.15, 0.2) is 48.5 Å². The van der Waals surface area contributed by atoms with Crippen molar-refractivity contribution in [1.29, 1.82) is 0 Å². The van der Waals surface area contributed by atoms with Gasteiger partial charge in [-0.1, -0.05) is 23.7 Å². The summed E-state index contributed by atoms with van der Waals surface area (Å²) in [6.07, 6.45) is 0. The fourth-order valence-corrected chi connectivity index (χ4v) is 2.59. The molecule has 0 aliphatic heterocycles. The van der Waals surface area contributed by atoms with Crippen LogP contribution in [0.5, 0.6) is 11.6 Å². The number of carbonyl (C=O) groups is 1. The first-order valence-electron chi connectivity index (χ1n) is 7.95. The third kappa shape index (κ3) is 3.83. The van der Waals surface area contributed by atoms with Gasteiger partial charge in [0.2, 0.25) is 5.88 Å². The molecule has 0 unspecified atom stereocenters. The number of hydrogen-bond acceptors (Lipinski definition) is 5. The molecule has 0 saturated heterocycles. The highest BCUT2D eigenvalue weighted by Gasteiger charge is 2.16. The minimum absolute atomic E-state index is 0.101. The van der Waals surface area contributed by atoms with Crippen LogP contribution >= 0.6 is 11.6 Å². The Morgan fingerprint density at radius 1 is 0.962 bits per heavy atom. The average Bonchev–Trinajstić information content (AvgIpc) is 2.64. The van der Waals surface area contributed by atoms with Gasteiger partial charge in [0, 0.05) is 16.7 Å². The first-order valence-corrected chi connectivity index (χ1v) is 8.33. The molecule has 0 amide bonds. The van der Waals surface area contributed by atoms with Crippen LogP contribution in [0.1, 0.15) is 21.5 Å². The zero-order valence-corrected chi connectivity index (χ0v) is 15.4. The second-order valence-electron chi connectivity index (χ2n) is 5.79. The van der Waals surface area contributed by atoms with Gasteiger partial charge in [0.1, 0.15) is 11.3 Å². The van der Waals surface area contributed by atoms with Crippen molar-refractivity contribution in [2.24, 2.45) is 0 Å². The van der Waals surface area contributed by atoms with Gasteiger partial charge in [0.25, 0.3) is 0 Å². The fraction of sp³-hybridized carbons (Fsp3) is 0.150. The van der Waals surface area contributed by atoms with Crippen LogP contribution in [0.25, 0.3) is 11.3 Å². The van der Waals surface area contributed by atoms with Crippen molar-refractivity contribution in [3.05, 3.63) is 70.2 Å². The Hall–Kier alpha value is -2.92. The van der Waals surface area contributed by atoms with Crippen LogP contribution in [0.4, 0.5) is 0 Å². The van der Waals surface area contributed by atoms with E-state index in [1.165, 1.54) is 24.3 Å². The minimum Gasteiger partial charge on any atom is -0.496 e. The number of rotatable bonds is 4. The molecule has 3 rings (SSSR count). The van der Waals surface area contributed by atoms with Crippen molar-refractivity contribution >= 4 is 17.6 Å². The van der Waals surface area contributed by atoms with E-state index in [4.69, 9.17) is 21.1 Å². The van der Waals surface area contributed by atoms with Gasteiger partial charge in [-0.3, -0.25) is 0 Å². The van der Waals surface area contributed by atoms with Crippen molar-refractivity contribution < 1.29 is 14.3 Å². The zero-order chi connectivity index (χ0) is 18.7. The summed E-state index contributed by atoms with van der Waals surface area (Å²) in [6, 6.07) is 14.1. The normalized spacial score (nSPS) is 10.5. The number of halogens is 1. The lowest BCUT2D eigenvalue weighted by molar-refractivity contribution is 0.0722. The van der Waals surface area contributed by atoms with Crippen molar-refractivity contribution in [3.8, 4) is 22.9 Å². The Morgan fingerprint density at radius 2 is 1.77 bits per heavy atom.